The Hall–Kier alpha value is -3.32. The molecule has 7 nitrogen and oxygen atoms in total. The average Bonchev–Trinajstić information content (AvgIpc) is 2.71. The van der Waals surface area contributed by atoms with Crippen LogP contribution in [0.15, 0.2) is 42.5 Å². The molecular formula is C21H23NO6. The zero-order chi connectivity index (χ0) is 20.7. The highest BCUT2D eigenvalue weighted by atomic mass is 16.5. The van der Waals surface area contributed by atoms with Gasteiger partial charge in [-0.2, -0.15) is 0 Å². The van der Waals surface area contributed by atoms with Gasteiger partial charge in [-0.15, -0.1) is 0 Å². The van der Waals surface area contributed by atoms with Crippen molar-refractivity contribution in [2.24, 2.45) is 5.73 Å². The molecule has 7 heteroatoms. The molecule has 0 aromatic heterocycles. The van der Waals surface area contributed by atoms with E-state index in [0.29, 0.717) is 11.5 Å². The van der Waals surface area contributed by atoms with E-state index >= 15 is 0 Å². The number of hydrogen-bond acceptors (Lipinski definition) is 7. The lowest BCUT2D eigenvalue weighted by molar-refractivity contribution is -0.135. The standard InChI is InChI=1S/C21H23NO6/c1-13(22)21(24)28-19-12-16(26-3)11-18(27-4)20(19)17(23)10-7-14-5-8-15(25-2)9-6-14/h5-13H,22H2,1-4H3/b10-7+/t13-/m0/s1. The highest BCUT2D eigenvalue weighted by Crippen LogP contribution is 2.35. The third-order valence-electron chi connectivity index (χ3n) is 3.87. The number of rotatable bonds is 8. The van der Waals surface area contributed by atoms with Gasteiger partial charge in [0.25, 0.3) is 0 Å². The maximum absolute atomic E-state index is 12.8. The number of carbonyl (C=O) groups is 2. The summed E-state index contributed by atoms with van der Waals surface area (Å²) in [6, 6.07) is 9.32. The Morgan fingerprint density at radius 2 is 1.54 bits per heavy atom. The highest BCUT2D eigenvalue weighted by molar-refractivity contribution is 6.11. The fourth-order valence-corrected chi connectivity index (χ4v) is 2.34. The van der Waals surface area contributed by atoms with Crippen LogP contribution in [0.4, 0.5) is 0 Å². The van der Waals surface area contributed by atoms with Gasteiger partial charge in [-0.3, -0.25) is 4.79 Å². The zero-order valence-electron chi connectivity index (χ0n) is 16.2. The van der Waals surface area contributed by atoms with Crippen LogP contribution in [0.5, 0.6) is 23.0 Å². The number of nitrogens with two attached hydrogens (primary N) is 1. The molecule has 0 aliphatic rings. The number of methoxy groups -OCH3 is 3. The van der Waals surface area contributed by atoms with E-state index in [2.05, 4.69) is 0 Å². The maximum atomic E-state index is 12.8. The number of hydrogen-bond donors (Lipinski definition) is 1. The fourth-order valence-electron chi connectivity index (χ4n) is 2.34. The van der Waals surface area contributed by atoms with Gasteiger partial charge in [0.1, 0.15) is 34.6 Å². The number of ether oxygens (including phenoxy) is 4. The molecular weight excluding hydrogens is 362 g/mol. The number of benzene rings is 2. The third-order valence-corrected chi connectivity index (χ3v) is 3.87. The fraction of sp³-hybridized carbons (Fsp3) is 0.238. The van der Waals surface area contributed by atoms with Crippen molar-refractivity contribution in [3.63, 3.8) is 0 Å². The molecule has 0 saturated carbocycles. The molecule has 148 valence electrons. The maximum Gasteiger partial charge on any atom is 0.328 e. The van der Waals surface area contributed by atoms with Crippen molar-refractivity contribution >= 4 is 17.8 Å². The van der Waals surface area contributed by atoms with Crippen LogP contribution in [0.3, 0.4) is 0 Å². The van der Waals surface area contributed by atoms with Gasteiger partial charge in [-0.25, -0.2) is 4.79 Å². The van der Waals surface area contributed by atoms with Crippen molar-refractivity contribution in [2.45, 2.75) is 13.0 Å². The summed E-state index contributed by atoms with van der Waals surface area (Å²) < 4.78 is 20.9. The summed E-state index contributed by atoms with van der Waals surface area (Å²) in [6.07, 6.45) is 3.01. The van der Waals surface area contributed by atoms with Crippen LogP contribution in [0.2, 0.25) is 0 Å². The topological polar surface area (TPSA) is 97.1 Å². The summed E-state index contributed by atoms with van der Waals surface area (Å²) in [6.45, 7) is 1.49. The van der Waals surface area contributed by atoms with Crippen molar-refractivity contribution < 1.29 is 28.5 Å². The normalized spacial score (nSPS) is 11.8. The molecule has 0 saturated heterocycles. The minimum absolute atomic E-state index is 0.0166. The summed E-state index contributed by atoms with van der Waals surface area (Å²) in [5.41, 5.74) is 6.46. The van der Waals surface area contributed by atoms with Crippen molar-refractivity contribution in [2.75, 3.05) is 21.3 Å². The monoisotopic (exact) mass is 385 g/mol. The molecule has 2 rings (SSSR count). The number of ketones is 1. The Balaban J connectivity index is 2.40. The first-order chi connectivity index (χ1) is 13.4. The summed E-state index contributed by atoms with van der Waals surface area (Å²) in [4.78, 5) is 24.8. The quantitative estimate of drug-likeness (QED) is 0.323. The Kier molecular flexibility index (Phi) is 7.17. The largest absolute Gasteiger partial charge is 0.497 e. The van der Waals surface area contributed by atoms with Gasteiger partial charge < -0.3 is 24.7 Å². The molecule has 0 unspecified atom stereocenters. The van der Waals surface area contributed by atoms with Crippen molar-refractivity contribution in [1.29, 1.82) is 0 Å². The van der Waals surface area contributed by atoms with Crippen LogP contribution in [-0.2, 0) is 4.79 Å². The van der Waals surface area contributed by atoms with Crippen LogP contribution in [-0.4, -0.2) is 39.1 Å². The lowest BCUT2D eigenvalue weighted by Gasteiger charge is -2.15. The molecule has 0 radical (unpaired) electrons. The zero-order valence-corrected chi connectivity index (χ0v) is 16.2. The molecule has 2 N–H and O–H groups in total. The van der Waals surface area contributed by atoms with E-state index in [4.69, 9.17) is 24.7 Å². The van der Waals surface area contributed by atoms with Crippen LogP contribution >= 0.6 is 0 Å². The van der Waals surface area contributed by atoms with E-state index in [0.717, 1.165) is 5.56 Å². The van der Waals surface area contributed by atoms with Gasteiger partial charge in [-0.05, 0) is 30.7 Å². The van der Waals surface area contributed by atoms with Gasteiger partial charge in [0, 0.05) is 12.1 Å². The van der Waals surface area contributed by atoms with E-state index in [-0.39, 0.29) is 17.1 Å². The van der Waals surface area contributed by atoms with Crippen LogP contribution in [0.1, 0.15) is 22.8 Å². The van der Waals surface area contributed by atoms with Gasteiger partial charge in [0.15, 0.2) is 5.78 Å². The molecule has 1 atom stereocenters. The Labute approximate surface area is 163 Å². The summed E-state index contributed by atoms with van der Waals surface area (Å²) >= 11 is 0. The molecule has 2 aromatic carbocycles. The average molecular weight is 385 g/mol. The molecule has 0 aliphatic carbocycles. The van der Waals surface area contributed by atoms with Crippen LogP contribution in [0, 0.1) is 0 Å². The molecule has 0 aliphatic heterocycles. The highest BCUT2D eigenvalue weighted by Gasteiger charge is 2.22. The van der Waals surface area contributed by atoms with E-state index in [1.807, 2.05) is 12.1 Å². The number of carbonyl (C=O) groups excluding carboxylic acids is 2. The minimum atomic E-state index is -0.852. The van der Waals surface area contributed by atoms with Gasteiger partial charge in [-0.1, -0.05) is 18.2 Å². The van der Waals surface area contributed by atoms with Gasteiger partial charge in [0.2, 0.25) is 0 Å². The molecule has 0 bridgehead atoms. The Bertz CT molecular complexity index is 871. The van der Waals surface area contributed by atoms with Crippen molar-refractivity contribution in [3.8, 4) is 23.0 Å². The van der Waals surface area contributed by atoms with E-state index in [9.17, 15) is 9.59 Å². The lowest BCUT2D eigenvalue weighted by atomic mass is 10.1. The smallest absolute Gasteiger partial charge is 0.328 e. The molecule has 28 heavy (non-hydrogen) atoms. The predicted octanol–water partition coefficient (Wildman–Crippen LogP) is 2.86. The van der Waals surface area contributed by atoms with Crippen LogP contribution < -0.4 is 24.7 Å². The molecule has 0 amide bonds. The van der Waals surface area contributed by atoms with Gasteiger partial charge in [0.05, 0.1) is 21.3 Å². The van der Waals surface area contributed by atoms with E-state index in [1.54, 1.807) is 25.3 Å². The summed E-state index contributed by atoms with van der Waals surface area (Å²) in [5.74, 6) is 0.246. The summed E-state index contributed by atoms with van der Waals surface area (Å²) in [7, 11) is 4.45. The lowest BCUT2D eigenvalue weighted by Crippen LogP contribution is -2.31. The second-order valence-corrected chi connectivity index (χ2v) is 5.88. The molecule has 0 fully saturated rings. The van der Waals surface area contributed by atoms with Crippen LogP contribution in [0.25, 0.3) is 6.08 Å². The first-order valence-corrected chi connectivity index (χ1v) is 8.49. The first-order valence-electron chi connectivity index (χ1n) is 8.49. The second kappa shape index (κ2) is 9.57. The Morgan fingerprint density at radius 3 is 2.07 bits per heavy atom. The summed E-state index contributed by atoms with van der Waals surface area (Å²) in [5, 5.41) is 0. The van der Waals surface area contributed by atoms with Crippen molar-refractivity contribution in [3.05, 3.63) is 53.6 Å². The SMILES string of the molecule is COc1ccc(/C=C/C(=O)c2c(OC)cc(OC)cc2OC(=O)[C@H](C)N)cc1. The van der Waals surface area contributed by atoms with E-state index < -0.39 is 17.8 Å². The van der Waals surface area contributed by atoms with Gasteiger partial charge >= 0.3 is 5.97 Å². The Morgan fingerprint density at radius 1 is 0.929 bits per heavy atom. The third kappa shape index (κ3) is 5.11. The number of esters is 1. The predicted molar refractivity (Wildman–Crippen MR) is 105 cm³/mol. The number of allylic oxidation sites excluding steroid dienone is 1. The van der Waals surface area contributed by atoms with Crippen molar-refractivity contribution in [1.82, 2.24) is 0 Å². The first kappa shape index (κ1) is 21.0. The minimum Gasteiger partial charge on any atom is -0.497 e. The van der Waals surface area contributed by atoms with E-state index in [1.165, 1.54) is 39.4 Å². The second-order valence-electron chi connectivity index (χ2n) is 5.88. The molecule has 0 heterocycles. The molecule has 0 spiro atoms. The molecule has 2 aromatic rings.